The van der Waals surface area contributed by atoms with Crippen LogP contribution in [0, 0.1) is 0 Å². The first-order valence-electron chi connectivity index (χ1n) is 5.03. The fourth-order valence-corrected chi connectivity index (χ4v) is 3.16. The summed E-state index contributed by atoms with van der Waals surface area (Å²) in [7, 11) is 1.97. The molecule has 0 radical (unpaired) electrons. The molecule has 0 aliphatic carbocycles. The highest BCUT2D eigenvalue weighted by Crippen LogP contribution is 2.27. The molecule has 86 valence electrons. The molecular weight excluding hydrogens is 334 g/mol. The number of likely N-dealkylation sites (N-methyl/N-ethyl adjacent to an activating group) is 1. The van der Waals surface area contributed by atoms with Crippen molar-refractivity contribution in [3.63, 3.8) is 0 Å². The van der Waals surface area contributed by atoms with Gasteiger partial charge in [0.15, 0.2) is 5.96 Å². The van der Waals surface area contributed by atoms with Crippen LogP contribution in [0.4, 0.5) is 0 Å². The van der Waals surface area contributed by atoms with Crippen molar-refractivity contribution >= 4 is 37.8 Å². The van der Waals surface area contributed by atoms with E-state index >= 15 is 0 Å². The van der Waals surface area contributed by atoms with Crippen LogP contribution >= 0.6 is 31.9 Å². The lowest BCUT2D eigenvalue weighted by molar-refractivity contribution is 0.422. The lowest BCUT2D eigenvalue weighted by Crippen LogP contribution is -2.41. The topological polar surface area (TPSA) is 41.6 Å². The highest BCUT2D eigenvalue weighted by Gasteiger charge is 2.20. The predicted octanol–water partition coefficient (Wildman–Crippen LogP) is 2.56. The van der Waals surface area contributed by atoms with Crippen LogP contribution in [-0.2, 0) is 0 Å². The van der Waals surface area contributed by atoms with E-state index in [1.54, 1.807) is 0 Å². The molecule has 0 saturated heterocycles. The molecule has 0 spiro atoms. The lowest BCUT2D eigenvalue weighted by atomic mass is 9.98. The van der Waals surface area contributed by atoms with Crippen LogP contribution in [0.2, 0.25) is 0 Å². The number of aliphatic imine (C=N–C) groups is 1. The molecule has 0 aromatic heterocycles. The van der Waals surface area contributed by atoms with Crippen molar-refractivity contribution in [3.8, 4) is 0 Å². The van der Waals surface area contributed by atoms with Gasteiger partial charge in [0, 0.05) is 28.5 Å². The Morgan fingerprint density at radius 3 is 2.50 bits per heavy atom. The molecule has 1 aliphatic rings. The van der Waals surface area contributed by atoms with Gasteiger partial charge < -0.3 is 10.6 Å². The van der Waals surface area contributed by atoms with Gasteiger partial charge in [-0.05, 0) is 23.8 Å². The molecule has 16 heavy (non-hydrogen) atoms. The third-order valence-electron chi connectivity index (χ3n) is 2.72. The highest BCUT2D eigenvalue weighted by atomic mass is 79.9. The standard InChI is InChI=1S/C11H13Br2N3/c1-16-6-8(5-15-11(16)14)7-2-9(12)4-10(13)3-7/h2-4,8H,5-6H2,1H3,(H2,14,15). The van der Waals surface area contributed by atoms with E-state index in [4.69, 9.17) is 5.73 Å². The van der Waals surface area contributed by atoms with Gasteiger partial charge in [-0.15, -0.1) is 0 Å². The molecule has 2 rings (SSSR count). The molecule has 1 aliphatic heterocycles. The van der Waals surface area contributed by atoms with Crippen LogP contribution in [-0.4, -0.2) is 31.0 Å². The Hall–Kier alpha value is -0.550. The quantitative estimate of drug-likeness (QED) is 0.849. The molecule has 1 aromatic carbocycles. The summed E-state index contributed by atoms with van der Waals surface area (Å²) < 4.78 is 2.17. The summed E-state index contributed by atoms with van der Waals surface area (Å²) in [5.41, 5.74) is 7.02. The molecule has 1 heterocycles. The zero-order valence-electron chi connectivity index (χ0n) is 8.95. The molecule has 0 amide bonds. The maximum Gasteiger partial charge on any atom is 0.191 e. The number of benzene rings is 1. The smallest absolute Gasteiger partial charge is 0.191 e. The fraction of sp³-hybridized carbons (Fsp3) is 0.364. The third-order valence-corrected chi connectivity index (χ3v) is 3.63. The first-order valence-corrected chi connectivity index (χ1v) is 6.62. The van der Waals surface area contributed by atoms with E-state index in [0.29, 0.717) is 11.9 Å². The monoisotopic (exact) mass is 345 g/mol. The number of halogens is 2. The van der Waals surface area contributed by atoms with Crippen LogP contribution in [0.5, 0.6) is 0 Å². The summed E-state index contributed by atoms with van der Waals surface area (Å²) in [4.78, 5) is 6.31. The van der Waals surface area contributed by atoms with E-state index in [1.807, 2.05) is 18.0 Å². The second-order valence-corrected chi connectivity index (χ2v) is 5.81. The van der Waals surface area contributed by atoms with Gasteiger partial charge in [-0.25, -0.2) is 0 Å². The average Bonchev–Trinajstić information content (AvgIpc) is 2.20. The van der Waals surface area contributed by atoms with Crippen molar-refractivity contribution in [1.29, 1.82) is 0 Å². The van der Waals surface area contributed by atoms with Crippen molar-refractivity contribution in [2.45, 2.75) is 5.92 Å². The molecule has 0 fully saturated rings. The second-order valence-electron chi connectivity index (χ2n) is 3.98. The highest BCUT2D eigenvalue weighted by molar-refractivity contribution is 9.11. The SMILES string of the molecule is CN1CC(c2cc(Br)cc(Br)c2)CN=C1N. The predicted molar refractivity (Wildman–Crippen MR) is 73.7 cm³/mol. The Morgan fingerprint density at radius 2 is 1.94 bits per heavy atom. The van der Waals surface area contributed by atoms with Crippen LogP contribution in [0.15, 0.2) is 32.1 Å². The van der Waals surface area contributed by atoms with Gasteiger partial charge in [-0.1, -0.05) is 31.9 Å². The van der Waals surface area contributed by atoms with Gasteiger partial charge in [-0.2, -0.15) is 0 Å². The Morgan fingerprint density at radius 1 is 1.31 bits per heavy atom. The molecule has 0 saturated carbocycles. The van der Waals surface area contributed by atoms with Crippen molar-refractivity contribution in [2.75, 3.05) is 20.1 Å². The second kappa shape index (κ2) is 4.75. The van der Waals surface area contributed by atoms with Crippen LogP contribution in [0.3, 0.4) is 0 Å². The average molecular weight is 347 g/mol. The van der Waals surface area contributed by atoms with Gasteiger partial charge >= 0.3 is 0 Å². The molecule has 5 heteroatoms. The van der Waals surface area contributed by atoms with E-state index < -0.39 is 0 Å². The first-order chi connectivity index (χ1) is 7.56. The van der Waals surface area contributed by atoms with Crippen molar-refractivity contribution in [3.05, 3.63) is 32.7 Å². The number of guanidine groups is 1. The summed E-state index contributed by atoms with van der Waals surface area (Å²) >= 11 is 7.00. The number of nitrogens with two attached hydrogens (primary N) is 1. The summed E-state index contributed by atoms with van der Waals surface area (Å²) in [6.45, 7) is 1.68. The Bertz CT molecular complexity index is 411. The van der Waals surface area contributed by atoms with Gasteiger partial charge in [0.2, 0.25) is 0 Å². The van der Waals surface area contributed by atoms with Crippen molar-refractivity contribution in [1.82, 2.24) is 4.90 Å². The molecular formula is C11H13Br2N3. The minimum Gasteiger partial charge on any atom is -0.370 e. The normalized spacial score (nSPS) is 20.8. The Kier molecular flexibility index (Phi) is 3.54. The number of hydrogen-bond donors (Lipinski definition) is 1. The molecule has 1 unspecified atom stereocenters. The maximum absolute atomic E-state index is 5.74. The molecule has 0 bridgehead atoms. The number of hydrogen-bond acceptors (Lipinski definition) is 3. The molecule has 2 N–H and O–H groups in total. The van der Waals surface area contributed by atoms with E-state index in [1.165, 1.54) is 5.56 Å². The van der Waals surface area contributed by atoms with Gasteiger partial charge in [0.1, 0.15) is 0 Å². The maximum atomic E-state index is 5.74. The minimum atomic E-state index is 0.408. The van der Waals surface area contributed by atoms with E-state index in [0.717, 1.165) is 22.0 Å². The van der Waals surface area contributed by atoms with Crippen LogP contribution < -0.4 is 5.73 Å². The van der Waals surface area contributed by atoms with Crippen molar-refractivity contribution in [2.24, 2.45) is 10.7 Å². The number of nitrogens with zero attached hydrogens (tertiary/aromatic N) is 2. The van der Waals surface area contributed by atoms with Crippen molar-refractivity contribution < 1.29 is 0 Å². The summed E-state index contributed by atoms with van der Waals surface area (Å²) in [6, 6.07) is 6.31. The van der Waals surface area contributed by atoms with E-state index in [2.05, 4.69) is 49.0 Å². The largest absolute Gasteiger partial charge is 0.370 e. The number of rotatable bonds is 1. The van der Waals surface area contributed by atoms with Crippen LogP contribution in [0.1, 0.15) is 11.5 Å². The van der Waals surface area contributed by atoms with Crippen LogP contribution in [0.25, 0.3) is 0 Å². The van der Waals surface area contributed by atoms with Gasteiger partial charge in [-0.3, -0.25) is 4.99 Å². The first kappa shape index (κ1) is 11.9. The molecule has 1 aromatic rings. The minimum absolute atomic E-state index is 0.408. The summed E-state index contributed by atoms with van der Waals surface area (Å²) in [5.74, 6) is 1.04. The third kappa shape index (κ3) is 2.58. The van der Waals surface area contributed by atoms with E-state index in [-0.39, 0.29) is 0 Å². The summed E-state index contributed by atoms with van der Waals surface area (Å²) in [6.07, 6.45) is 0. The lowest BCUT2D eigenvalue weighted by Gasteiger charge is -2.29. The van der Waals surface area contributed by atoms with E-state index in [9.17, 15) is 0 Å². The van der Waals surface area contributed by atoms with Gasteiger partial charge in [0.25, 0.3) is 0 Å². The molecule has 3 nitrogen and oxygen atoms in total. The molecule has 1 atom stereocenters. The zero-order chi connectivity index (χ0) is 11.7. The Balaban J connectivity index is 2.25. The van der Waals surface area contributed by atoms with Gasteiger partial charge in [0.05, 0.1) is 6.54 Å². The fourth-order valence-electron chi connectivity index (χ4n) is 1.83. The zero-order valence-corrected chi connectivity index (χ0v) is 12.1. The summed E-state index contributed by atoms with van der Waals surface area (Å²) in [5, 5.41) is 0. The Labute approximate surface area is 112 Å².